The molecule has 6 heteroatoms. The first-order valence-electron chi connectivity index (χ1n) is 12.4. The van der Waals surface area contributed by atoms with Crippen molar-refractivity contribution in [1.29, 1.82) is 5.26 Å². The molecule has 35 heavy (non-hydrogen) atoms. The van der Waals surface area contributed by atoms with E-state index in [0.717, 1.165) is 53.2 Å². The number of pyridine rings is 2. The van der Waals surface area contributed by atoms with Gasteiger partial charge >= 0.3 is 0 Å². The lowest BCUT2D eigenvalue weighted by Gasteiger charge is -2.11. The average molecular weight is 467 g/mol. The summed E-state index contributed by atoms with van der Waals surface area (Å²) >= 11 is 0. The molecule has 0 radical (unpaired) electrons. The van der Waals surface area contributed by atoms with Crippen LogP contribution in [0.25, 0.3) is 21.7 Å². The monoisotopic (exact) mass is 466 g/mol. The molecular formula is C29H30N4O2. The number of hydrogen-bond acceptors (Lipinski definition) is 6. The normalized spacial score (nSPS) is 13.2. The second kappa shape index (κ2) is 11.3. The summed E-state index contributed by atoms with van der Waals surface area (Å²) in [5, 5.41) is 16.0. The van der Waals surface area contributed by atoms with Gasteiger partial charge in [0.1, 0.15) is 6.61 Å². The molecule has 2 aromatic carbocycles. The number of hydrogen-bond donors (Lipinski definition) is 1. The van der Waals surface area contributed by atoms with Crippen LogP contribution < -0.4 is 10.1 Å². The number of benzene rings is 2. The molecule has 1 fully saturated rings. The molecule has 0 unspecified atom stereocenters. The highest BCUT2D eigenvalue weighted by Gasteiger charge is 2.26. The van der Waals surface area contributed by atoms with Gasteiger partial charge in [-0.15, -0.1) is 0 Å². The molecule has 2 heterocycles. The predicted molar refractivity (Wildman–Crippen MR) is 137 cm³/mol. The van der Waals surface area contributed by atoms with Gasteiger partial charge in [0.25, 0.3) is 0 Å². The van der Waals surface area contributed by atoms with E-state index >= 15 is 0 Å². The fourth-order valence-corrected chi connectivity index (χ4v) is 4.42. The van der Waals surface area contributed by atoms with Crippen molar-refractivity contribution in [3.05, 3.63) is 77.6 Å². The summed E-state index contributed by atoms with van der Waals surface area (Å²) < 4.78 is 11.7. The number of ether oxygens (including phenoxy) is 2. The maximum Gasteiger partial charge on any atom is 0.222 e. The van der Waals surface area contributed by atoms with E-state index in [0.29, 0.717) is 31.6 Å². The van der Waals surface area contributed by atoms with Crippen molar-refractivity contribution in [3.63, 3.8) is 0 Å². The first kappa shape index (κ1) is 23.2. The van der Waals surface area contributed by atoms with Gasteiger partial charge in [-0.3, -0.25) is 4.98 Å². The lowest BCUT2D eigenvalue weighted by atomic mass is 10.0. The Morgan fingerprint density at radius 2 is 1.89 bits per heavy atom. The maximum atomic E-state index is 9.40. The molecule has 0 spiro atoms. The van der Waals surface area contributed by atoms with Crippen LogP contribution in [0.2, 0.25) is 0 Å². The Morgan fingerprint density at radius 3 is 2.77 bits per heavy atom. The average Bonchev–Trinajstić information content (AvgIpc) is 3.75. The minimum absolute atomic E-state index is 0.457. The van der Waals surface area contributed by atoms with Crippen LogP contribution in [0, 0.1) is 11.3 Å². The SMILES string of the molecule is N#Cc1cc(CNCCCCOCCOc2nc3ccccc3c3cnccc23)ccc1C1CC1. The van der Waals surface area contributed by atoms with Crippen LogP contribution >= 0.6 is 0 Å². The minimum Gasteiger partial charge on any atom is -0.475 e. The molecule has 0 saturated heterocycles. The summed E-state index contributed by atoms with van der Waals surface area (Å²) in [5.41, 5.74) is 4.13. The van der Waals surface area contributed by atoms with Crippen molar-refractivity contribution in [2.45, 2.75) is 38.1 Å². The highest BCUT2D eigenvalue weighted by molar-refractivity contribution is 6.07. The number of nitrogens with one attached hydrogen (secondary N) is 1. The van der Waals surface area contributed by atoms with Gasteiger partial charge in [-0.25, -0.2) is 4.98 Å². The highest BCUT2D eigenvalue weighted by Crippen LogP contribution is 2.41. The summed E-state index contributed by atoms with van der Waals surface area (Å²) in [6.07, 6.45) is 8.09. The van der Waals surface area contributed by atoms with Crippen molar-refractivity contribution >= 4 is 21.7 Å². The number of aromatic nitrogens is 2. The van der Waals surface area contributed by atoms with E-state index in [1.807, 2.05) is 36.5 Å². The summed E-state index contributed by atoms with van der Waals surface area (Å²) in [4.78, 5) is 8.96. The van der Waals surface area contributed by atoms with E-state index in [1.54, 1.807) is 6.20 Å². The van der Waals surface area contributed by atoms with Crippen molar-refractivity contribution < 1.29 is 9.47 Å². The standard InChI is InChI=1S/C29H30N4O2/c30-18-23-17-21(7-10-24(23)22-8-9-22)19-31-12-3-4-14-34-15-16-35-29-26-11-13-32-20-27(26)25-5-1-2-6-28(25)33-29/h1-2,5-7,10-11,13,17,20,22,31H,3-4,8-9,12,14-16,19H2. The maximum absolute atomic E-state index is 9.40. The van der Waals surface area contributed by atoms with Crippen LogP contribution in [0.5, 0.6) is 5.88 Å². The molecule has 178 valence electrons. The molecule has 0 aliphatic heterocycles. The van der Waals surface area contributed by atoms with Gasteiger partial charge in [0.05, 0.1) is 23.8 Å². The highest BCUT2D eigenvalue weighted by atomic mass is 16.5. The topological polar surface area (TPSA) is 80.1 Å². The zero-order valence-corrected chi connectivity index (χ0v) is 19.9. The number of unbranched alkanes of at least 4 members (excludes halogenated alkanes) is 1. The fraction of sp³-hybridized carbons (Fsp3) is 0.345. The van der Waals surface area contributed by atoms with Gasteiger partial charge in [-0.1, -0.05) is 30.3 Å². The first-order chi connectivity index (χ1) is 17.3. The lowest BCUT2D eigenvalue weighted by Crippen LogP contribution is -2.16. The van der Waals surface area contributed by atoms with Crippen molar-refractivity contribution in [2.75, 3.05) is 26.4 Å². The number of fused-ring (bicyclic) bond motifs is 3. The number of rotatable bonds is 12. The van der Waals surface area contributed by atoms with E-state index in [2.05, 4.69) is 34.6 Å². The number of para-hydroxylation sites is 1. The van der Waals surface area contributed by atoms with Crippen molar-refractivity contribution in [2.24, 2.45) is 0 Å². The Bertz CT molecular complexity index is 1340. The van der Waals surface area contributed by atoms with Gasteiger partial charge in [-0.2, -0.15) is 5.26 Å². The summed E-state index contributed by atoms with van der Waals surface area (Å²) in [6, 6.07) is 18.7. The quantitative estimate of drug-likeness (QED) is 0.219. The number of nitriles is 1. The minimum atomic E-state index is 0.457. The molecule has 6 nitrogen and oxygen atoms in total. The molecule has 4 aromatic rings. The Labute approximate surface area is 205 Å². The third-order valence-electron chi connectivity index (χ3n) is 6.41. The molecule has 2 aromatic heterocycles. The third-order valence-corrected chi connectivity index (χ3v) is 6.41. The fourth-order valence-electron chi connectivity index (χ4n) is 4.42. The zero-order chi connectivity index (χ0) is 23.9. The Kier molecular flexibility index (Phi) is 7.47. The molecular weight excluding hydrogens is 436 g/mol. The molecule has 0 amide bonds. The Hall–Kier alpha value is -3.53. The van der Waals surface area contributed by atoms with Gasteiger partial charge in [0, 0.05) is 41.7 Å². The first-order valence-corrected chi connectivity index (χ1v) is 12.4. The zero-order valence-electron chi connectivity index (χ0n) is 19.9. The third kappa shape index (κ3) is 5.76. The largest absolute Gasteiger partial charge is 0.475 e. The number of nitrogens with zero attached hydrogens (tertiary/aromatic N) is 3. The molecule has 0 atom stereocenters. The van der Waals surface area contributed by atoms with Crippen LogP contribution in [-0.4, -0.2) is 36.3 Å². The smallest absolute Gasteiger partial charge is 0.222 e. The second-order valence-corrected chi connectivity index (χ2v) is 9.01. The van der Waals surface area contributed by atoms with Crippen LogP contribution in [-0.2, 0) is 11.3 Å². The van der Waals surface area contributed by atoms with Gasteiger partial charge in [-0.05, 0) is 67.5 Å². The van der Waals surface area contributed by atoms with Crippen LogP contribution in [0.15, 0.2) is 60.9 Å². The van der Waals surface area contributed by atoms with Crippen LogP contribution in [0.3, 0.4) is 0 Å². The summed E-state index contributed by atoms with van der Waals surface area (Å²) in [7, 11) is 0. The second-order valence-electron chi connectivity index (χ2n) is 9.01. The van der Waals surface area contributed by atoms with E-state index in [4.69, 9.17) is 14.5 Å². The van der Waals surface area contributed by atoms with Gasteiger partial charge in [0.2, 0.25) is 5.88 Å². The van der Waals surface area contributed by atoms with E-state index in [-0.39, 0.29) is 0 Å². The van der Waals surface area contributed by atoms with E-state index < -0.39 is 0 Å². The Morgan fingerprint density at radius 1 is 0.971 bits per heavy atom. The van der Waals surface area contributed by atoms with Crippen LogP contribution in [0.4, 0.5) is 0 Å². The molecule has 1 N–H and O–H groups in total. The van der Waals surface area contributed by atoms with Gasteiger partial charge in [0.15, 0.2) is 0 Å². The predicted octanol–water partition coefficient (Wildman–Crippen LogP) is 5.50. The molecule has 0 bridgehead atoms. The Balaban J connectivity index is 0.992. The van der Waals surface area contributed by atoms with Gasteiger partial charge < -0.3 is 14.8 Å². The summed E-state index contributed by atoms with van der Waals surface area (Å²) in [6.45, 7) is 3.40. The van der Waals surface area contributed by atoms with Crippen molar-refractivity contribution in [1.82, 2.24) is 15.3 Å². The van der Waals surface area contributed by atoms with Crippen molar-refractivity contribution in [3.8, 4) is 11.9 Å². The molecule has 1 aliphatic rings. The van der Waals surface area contributed by atoms with E-state index in [9.17, 15) is 5.26 Å². The molecule has 5 rings (SSSR count). The summed E-state index contributed by atoms with van der Waals surface area (Å²) in [5.74, 6) is 1.23. The van der Waals surface area contributed by atoms with E-state index in [1.165, 1.54) is 24.0 Å². The molecule has 1 saturated carbocycles. The lowest BCUT2D eigenvalue weighted by molar-refractivity contribution is 0.0966. The molecule has 1 aliphatic carbocycles. The van der Waals surface area contributed by atoms with Crippen LogP contribution in [0.1, 0.15) is 48.3 Å².